The molecule has 0 amide bonds. The van der Waals surface area contributed by atoms with Crippen LogP contribution in [0.25, 0.3) is 0 Å². The van der Waals surface area contributed by atoms with E-state index in [1.165, 1.54) is 0 Å². The molecule has 0 rings (SSSR count). The topological polar surface area (TPSA) is 77.4 Å². The van der Waals surface area contributed by atoms with E-state index in [1.807, 2.05) is 0 Å². The van der Waals surface area contributed by atoms with Crippen LogP contribution in [0, 0.1) is 0 Å². The summed E-state index contributed by atoms with van der Waals surface area (Å²) in [6.07, 6.45) is 0. The van der Waals surface area contributed by atoms with Gasteiger partial charge < -0.3 is 9.66 Å². The van der Waals surface area contributed by atoms with Gasteiger partial charge in [0.2, 0.25) is 0 Å². The van der Waals surface area contributed by atoms with Crippen molar-refractivity contribution >= 4 is 10.1 Å². The second-order valence-electron chi connectivity index (χ2n) is 0.687. The van der Waals surface area contributed by atoms with Gasteiger partial charge in [-0.1, -0.05) is 0 Å². The van der Waals surface area contributed by atoms with Crippen molar-refractivity contribution in [3.05, 3.63) is 0 Å². The van der Waals surface area contributed by atoms with Crippen LogP contribution in [0.4, 0.5) is 0 Å². The molecule has 0 spiro atoms. The van der Waals surface area contributed by atoms with E-state index < -0.39 is 16.1 Å². The molecule has 0 bridgehead atoms. The summed E-state index contributed by atoms with van der Waals surface area (Å²) in [4.78, 5) is 0. The molecule has 1 N–H and O–H groups in total. The van der Waals surface area contributed by atoms with E-state index in [-0.39, 0.29) is 51.4 Å². The zero-order valence-corrected chi connectivity index (χ0v) is 7.73. The van der Waals surface area contributed by atoms with Crippen molar-refractivity contribution in [1.82, 2.24) is 0 Å². The fourth-order valence-electron chi connectivity index (χ4n) is 0. The zero-order valence-electron chi connectivity index (χ0n) is 3.79. The summed E-state index contributed by atoms with van der Waals surface area (Å²) < 4.78 is 27.6. The second-order valence-corrected chi connectivity index (χ2v) is 2.06. The number of aliphatic hydroxyl groups excluding tert-OH is 1. The molecule has 0 radical (unpaired) electrons. The molecule has 6 heteroatoms. The predicted molar refractivity (Wildman–Crippen MR) is 16.8 cm³/mol. The van der Waals surface area contributed by atoms with E-state index in [9.17, 15) is 13.0 Å². The molecule has 0 aromatic carbocycles. The molecule has 4 nitrogen and oxygen atoms in total. The Labute approximate surface area is 84.1 Å². The fraction of sp³-hybridized carbons (Fsp3) is 1.00. The van der Waals surface area contributed by atoms with Crippen LogP contribution in [0.1, 0.15) is 0 Å². The quantitative estimate of drug-likeness (QED) is 0.302. The molecule has 7 heavy (non-hydrogen) atoms. The van der Waals surface area contributed by atoms with Crippen LogP contribution >= 0.6 is 0 Å². The Kier molecular flexibility index (Phi) is 7.10. The number of aliphatic hydroxyl groups is 1. The standard InChI is InChI=1S/CH4O4S.K/c2-1-6(3,4)5;/h2H,1H2,(H,3,4,5);/q;+1/p-1. The molecule has 0 saturated heterocycles. The summed E-state index contributed by atoms with van der Waals surface area (Å²) in [5.41, 5.74) is 0. The van der Waals surface area contributed by atoms with Crippen molar-refractivity contribution in [2.24, 2.45) is 0 Å². The molecule has 0 aromatic rings. The molecule has 0 aliphatic heterocycles. The molecule has 0 fully saturated rings. The molecule has 0 atom stereocenters. The minimum atomic E-state index is -4.36. The average molecular weight is 150 g/mol. The molecule has 0 aliphatic carbocycles. The van der Waals surface area contributed by atoms with Gasteiger partial charge in [0.1, 0.15) is 16.1 Å². The van der Waals surface area contributed by atoms with Gasteiger partial charge in [-0.15, -0.1) is 0 Å². The van der Waals surface area contributed by atoms with E-state index >= 15 is 0 Å². The van der Waals surface area contributed by atoms with Crippen molar-refractivity contribution in [2.75, 3.05) is 5.94 Å². The van der Waals surface area contributed by atoms with Crippen molar-refractivity contribution in [3.8, 4) is 0 Å². The SMILES string of the molecule is O=S(=O)([O-])CO.[K+]. The van der Waals surface area contributed by atoms with Crippen LogP contribution in [0.2, 0.25) is 0 Å². The van der Waals surface area contributed by atoms with Crippen LogP contribution in [0.15, 0.2) is 0 Å². The van der Waals surface area contributed by atoms with Gasteiger partial charge in [-0.3, -0.25) is 0 Å². The van der Waals surface area contributed by atoms with Gasteiger partial charge in [0.05, 0.1) is 0 Å². The first-order chi connectivity index (χ1) is 2.56. The maximum atomic E-state index is 9.19. The monoisotopic (exact) mass is 150 g/mol. The van der Waals surface area contributed by atoms with Crippen molar-refractivity contribution in [3.63, 3.8) is 0 Å². The molecule has 0 aromatic heterocycles. The third-order valence-electron chi connectivity index (χ3n) is 0.158. The van der Waals surface area contributed by atoms with Crippen LogP contribution in [0.5, 0.6) is 0 Å². The van der Waals surface area contributed by atoms with Gasteiger partial charge in [-0.05, 0) is 0 Å². The van der Waals surface area contributed by atoms with Crippen LogP contribution in [0.3, 0.4) is 0 Å². The number of hydrogen-bond acceptors (Lipinski definition) is 4. The Balaban J connectivity index is 0. The maximum Gasteiger partial charge on any atom is 1.00 e. The summed E-state index contributed by atoms with van der Waals surface area (Å²) in [5.74, 6) is -1.31. The van der Waals surface area contributed by atoms with Crippen LogP contribution in [-0.2, 0) is 10.1 Å². The van der Waals surface area contributed by atoms with Gasteiger partial charge in [-0.2, -0.15) is 0 Å². The summed E-state index contributed by atoms with van der Waals surface area (Å²) in [5, 5.41) is 7.50. The molecule has 38 valence electrons. The minimum Gasteiger partial charge on any atom is -0.746 e. The summed E-state index contributed by atoms with van der Waals surface area (Å²) >= 11 is 0. The molecule has 0 heterocycles. The van der Waals surface area contributed by atoms with Crippen molar-refractivity contribution in [2.45, 2.75) is 0 Å². The first-order valence-electron chi connectivity index (χ1n) is 1.10. The van der Waals surface area contributed by atoms with Gasteiger partial charge in [0, 0.05) is 0 Å². The first kappa shape index (κ1) is 11.3. The van der Waals surface area contributed by atoms with E-state index in [4.69, 9.17) is 5.11 Å². The Morgan fingerprint density at radius 2 is 1.71 bits per heavy atom. The maximum absolute atomic E-state index is 9.19. The normalized spacial score (nSPS) is 10.0. The van der Waals surface area contributed by atoms with Crippen LogP contribution in [-0.4, -0.2) is 24.0 Å². The Bertz CT molecular complexity index is 114. The molecular weight excluding hydrogens is 147 g/mol. The van der Waals surface area contributed by atoms with Gasteiger partial charge >= 0.3 is 51.4 Å². The van der Waals surface area contributed by atoms with E-state index in [1.54, 1.807) is 0 Å². The molecular formula is CH3KO4S. The Hall–Kier alpha value is 1.51. The largest absolute Gasteiger partial charge is 1.00 e. The smallest absolute Gasteiger partial charge is 0.746 e. The fourth-order valence-corrected chi connectivity index (χ4v) is 0. The summed E-state index contributed by atoms with van der Waals surface area (Å²) in [6.45, 7) is 0. The third kappa shape index (κ3) is 11.2. The van der Waals surface area contributed by atoms with E-state index in [2.05, 4.69) is 0 Å². The zero-order chi connectivity index (χ0) is 5.21. The van der Waals surface area contributed by atoms with E-state index in [0.717, 1.165) is 0 Å². The first-order valence-corrected chi connectivity index (χ1v) is 2.68. The minimum absolute atomic E-state index is 0. The van der Waals surface area contributed by atoms with Crippen LogP contribution < -0.4 is 51.4 Å². The predicted octanol–water partition coefficient (Wildman–Crippen LogP) is -4.51. The van der Waals surface area contributed by atoms with Crippen molar-refractivity contribution < 1.29 is 69.5 Å². The van der Waals surface area contributed by atoms with E-state index in [0.29, 0.717) is 0 Å². The van der Waals surface area contributed by atoms with Gasteiger partial charge in [0.25, 0.3) is 0 Å². The third-order valence-corrected chi connectivity index (χ3v) is 0.474. The summed E-state index contributed by atoms with van der Waals surface area (Å²) in [7, 11) is -4.36. The summed E-state index contributed by atoms with van der Waals surface area (Å²) in [6, 6.07) is 0. The Morgan fingerprint density at radius 3 is 1.71 bits per heavy atom. The molecule has 0 aliphatic rings. The van der Waals surface area contributed by atoms with Gasteiger partial charge in [-0.25, -0.2) is 8.42 Å². The van der Waals surface area contributed by atoms with Crippen molar-refractivity contribution in [1.29, 1.82) is 0 Å². The number of hydrogen-bond donors (Lipinski definition) is 1. The number of rotatable bonds is 1. The molecule has 0 unspecified atom stereocenters. The molecule has 0 saturated carbocycles. The van der Waals surface area contributed by atoms with Gasteiger partial charge in [0.15, 0.2) is 0 Å². The second kappa shape index (κ2) is 4.39. The average Bonchev–Trinajstić information content (AvgIpc) is 1.35. The Morgan fingerprint density at radius 1 is 1.57 bits per heavy atom.